The number of nitrogens with zero attached hydrogens (tertiary/aromatic N) is 3. The SMILES string of the molecule is O=c1c(-c2nc3ccccc3s2)cn(CCCN2CCOCC2)c2cc(F)ccc12. The van der Waals surface area contributed by atoms with Crippen molar-refractivity contribution in [1.82, 2.24) is 14.5 Å². The molecule has 0 unspecified atom stereocenters. The maximum Gasteiger partial charge on any atom is 0.199 e. The Kier molecular flexibility index (Phi) is 5.33. The number of hydrogen-bond acceptors (Lipinski definition) is 5. The van der Waals surface area contributed by atoms with Crippen LogP contribution in [0.25, 0.3) is 31.7 Å². The fourth-order valence-electron chi connectivity index (χ4n) is 3.98. The normalized spacial score (nSPS) is 15.2. The Morgan fingerprint density at radius 3 is 2.77 bits per heavy atom. The highest BCUT2D eigenvalue weighted by atomic mass is 32.1. The number of aromatic nitrogens is 2. The molecule has 0 saturated carbocycles. The van der Waals surface area contributed by atoms with Gasteiger partial charge in [-0.25, -0.2) is 9.37 Å². The Morgan fingerprint density at radius 1 is 1.10 bits per heavy atom. The minimum absolute atomic E-state index is 0.103. The highest BCUT2D eigenvalue weighted by molar-refractivity contribution is 7.21. The van der Waals surface area contributed by atoms with Crippen molar-refractivity contribution >= 4 is 32.5 Å². The Labute approximate surface area is 177 Å². The van der Waals surface area contributed by atoms with E-state index in [-0.39, 0.29) is 11.2 Å². The zero-order valence-corrected chi connectivity index (χ0v) is 17.3. The summed E-state index contributed by atoms with van der Waals surface area (Å²) in [6.45, 7) is 5.08. The van der Waals surface area contributed by atoms with Crippen LogP contribution in [0.5, 0.6) is 0 Å². The number of thiazole rings is 1. The first-order chi connectivity index (χ1) is 14.7. The van der Waals surface area contributed by atoms with Crippen molar-refractivity contribution in [2.24, 2.45) is 0 Å². The van der Waals surface area contributed by atoms with Crippen molar-refractivity contribution in [3.8, 4) is 10.6 Å². The van der Waals surface area contributed by atoms with Gasteiger partial charge in [0.05, 0.1) is 34.5 Å². The molecule has 0 amide bonds. The topological polar surface area (TPSA) is 47.4 Å². The number of ether oxygens (including phenoxy) is 1. The van der Waals surface area contributed by atoms with Crippen LogP contribution in [0, 0.1) is 5.82 Å². The van der Waals surface area contributed by atoms with Crippen LogP contribution in [0.2, 0.25) is 0 Å². The monoisotopic (exact) mass is 423 g/mol. The maximum absolute atomic E-state index is 14.0. The van der Waals surface area contributed by atoms with E-state index in [1.54, 1.807) is 6.07 Å². The number of hydrogen-bond donors (Lipinski definition) is 0. The molecule has 0 N–H and O–H groups in total. The zero-order chi connectivity index (χ0) is 20.5. The van der Waals surface area contributed by atoms with Crippen molar-refractivity contribution in [3.05, 3.63) is 64.7 Å². The molecule has 5 rings (SSSR count). The summed E-state index contributed by atoms with van der Waals surface area (Å²) in [6, 6.07) is 12.3. The molecule has 2 aromatic heterocycles. The molecule has 0 atom stereocenters. The van der Waals surface area contributed by atoms with Crippen LogP contribution in [0.15, 0.2) is 53.5 Å². The number of para-hydroxylation sites is 1. The van der Waals surface area contributed by atoms with Crippen LogP contribution in [-0.2, 0) is 11.3 Å². The molecular formula is C23H22FN3O2S. The Morgan fingerprint density at radius 2 is 1.93 bits per heavy atom. The van der Waals surface area contributed by atoms with E-state index in [0.717, 1.165) is 49.5 Å². The largest absolute Gasteiger partial charge is 0.379 e. The summed E-state index contributed by atoms with van der Waals surface area (Å²) < 4.78 is 22.4. The quantitative estimate of drug-likeness (QED) is 0.484. The first kappa shape index (κ1) is 19.4. The van der Waals surface area contributed by atoms with E-state index in [0.29, 0.717) is 28.0 Å². The van der Waals surface area contributed by atoms with E-state index < -0.39 is 0 Å². The molecule has 0 radical (unpaired) electrons. The van der Waals surface area contributed by atoms with E-state index in [9.17, 15) is 9.18 Å². The maximum atomic E-state index is 14.0. The molecule has 0 spiro atoms. The fourth-order valence-corrected chi connectivity index (χ4v) is 4.95. The van der Waals surface area contributed by atoms with Crippen LogP contribution in [0.4, 0.5) is 4.39 Å². The molecule has 1 saturated heterocycles. The second-order valence-electron chi connectivity index (χ2n) is 7.52. The number of morpholine rings is 1. The summed E-state index contributed by atoms with van der Waals surface area (Å²) in [5.41, 5.74) is 1.98. The number of fused-ring (bicyclic) bond motifs is 2. The summed E-state index contributed by atoms with van der Waals surface area (Å²) in [7, 11) is 0. The van der Waals surface area contributed by atoms with Crippen LogP contribution in [0.3, 0.4) is 0 Å². The lowest BCUT2D eigenvalue weighted by molar-refractivity contribution is 0.0369. The van der Waals surface area contributed by atoms with Crippen LogP contribution in [0.1, 0.15) is 6.42 Å². The highest BCUT2D eigenvalue weighted by Crippen LogP contribution is 2.29. The highest BCUT2D eigenvalue weighted by Gasteiger charge is 2.16. The van der Waals surface area contributed by atoms with Crippen molar-refractivity contribution in [2.75, 3.05) is 32.8 Å². The second-order valence-corrected chi connectivity index (χ2v) is 8.55. The number of pyridine rings is 1. The van der Waals surface area contributed by atoms with Gasteiger partial charge in [-0.2, -0.15) is 0 Å². The number of rotatable bonds is 5. The molecular weight excluding hydrogens is 401 g/mol. The number of aryl methyl sites for hydroxylation is 1. The van der Waals surface area contributed by atoms with Gasteiger partial charge in [-0.05, 0) is 36.8 Å². The lowest BCUT2D eigenvalue weighted by Gasteiger charge is -2.26. The lowest BCUT2D eigenvalue weighted by Crippen LogP contribution is -2.37. The number of halogens is 1. The molecule has 2 aromatic carbocycles. The summed E-state index contributed by atoms with van der Waals surface area (Å²) in [6.07, 6.45) is 2.76. The molecule has 1 aliphatic rings. The smallest absolute Gasteiger partial charge is 0.199 e. The average Bonchev–Trinajstić information content (AvgIpc) is 3.20. The average molecular weight is 424 g/mol. The fraction of sp³-hybridized carbons (Fsp3) is 0.304. The van der Waals surface area contributed by atoms with Gasteiger partial charge < -0.3 is 9.30 Å². The van der Waals surface area contributed by atoms with Crippen molar-refractivity contribution in [1.29, 1.82) is 0 Å². The van der Waals surface area contributed by atoms with Crippen LogP contribution >= 0.6 is 11.3 Å². The molecule has 0 aliphatic carbocycles. The van der Waals surface area contributed by atoms with E-state index >= 15 is 0 Å². The molecule has 3 heterocycles. The zero-order valence-electron chi connectivity index (χ0n) is 16.5. The Hall–Kier alpha value is -2.61. The molecule has 5 nitrogen and oxygen atoms in total. The van der Waals surface area contributed by atoms with Gasteiger partial charge in [0.15, 0.2) is 5.43 Å². The Balaban J connectivity index is 1.53. The van der Waals surface area contributed by atoms with Crippen LogP contribution in [-0.4, -0.2) is 47.3 Å². The van der Waals surface area contributed by atoms with Gasteiger partial charge in [0.2, 0.25) is 0 Å². The summed E-state index contributed by atoms with van der Waals surface area (Å²) in [5, 5.41) is 1.23. The van der Waals surface area contributed by atoms with Crippen molar-refractivity contribution in [2.45, 2.75) is 13.0 Å². The van der Waals surface area contributed by atoms with E-state index in [4.69, 9.17) is 4.74 Å². The summed E-state index contributed by atoms with van der Waals surface area (Å²) >= 11 is 1.51. The van der Waals surface area contributed by atoms with Gasteiger partial charge in [0, 0.05) is 37.8 Å². The second kappa shape index (κ2) is 8.26. The number of benzene rings is 2. The van der Waals surface area contributed by atoms with Crippen LogP contribution < -0.4 is 5.43 Å². The molecule has 4 aromatic rings. The third-order valence-corrected chi connectivity index (χ3v) is 6.61. The third kappa shape index (κ3) is 3.76. The Bertz CT molecular complexity index is 1230. The van der Waals surface area contributed by atoms with E-state index in [2.05, 4.69) is 9.88 Å². The van der Waals surface area contributed by atoms with Gasteiger partial charge in [-0.3, -0.25) is 9.69 Å². The first-order valence-corrected chi connectivity index (χ1v) is 11.0. The predicted octanol–water partition coefficient (Wildman–Crippen LogP) is 4.14. The van der Waals surface area contributed by atoms with Gasteiger partial charge in [-0.1, -0.05) is 12.1 Å². The molecule has 1 aliphatic heterocycles. The van der Waals surface area contributed by atoms with Gasteiger partial charge in [-0.15, -0.1) is 11.3 Å². The van der Waals surface area contributed by atoms with Gasteiger partial charge in [0.1, 0.15) is 10.8 Å². The van der Waals surface area contributed by atoms with Crippen molar-refractivity contribution < 1.29 is 9.13 Å². The van der Waals surface area contributed by atoms with Gasteiger partial charge in [0.25, 0.3) is 0 Å². The minimum Gasteiger partial charge on any atom is -0.379 e. The first-order valence-electron chi connectivity index (χ1n) is 10.2. The molecule has 0 bridgehead atoms. The molecule has 7 heteroatoms. The standard InChI is InChI=1S/C23H22FN3O2S/c24-16-6-7-17-20(14-16)27(9-3-8-26-10-12-29-13-11-26)15-18(22(17)28)23-25-19-4-1-2-5-21(19)30-23/h1-2,4-7,14-15H,3,8-13H2. The van der Waals surface area contributed by atoms with E-state index in [1.807, 2.05) is 35.0 Å². The van der Waals surface area contributed by atoms with E-state index in [1.165, 1.54) is 23.5 Å². The molecule has 154 valence electrons. The van der Waals surface area contributed by atoms with Crippen molar-refractivity contribution in [3.63, 3.8) is 0 Å². The molecule has 30 heavy (non-hydrogen) atoms. The summed E-state index contributed by atoms with van der Waals surface area (Å²) in [5.74, 6) is -0.337. The molecule has 1 fully saturated rings. The minimum atomic E-state index is -0.337. The predicted molar refractivity (Wildman–Crippen MR) is 119 cm³/mol. The van der Waals surface area contributed by atoms with Gasteiger partial charge >= 0.3 is 0 Å². The lowest BCUT2D eigenvalue weighted by atomic mass is 10.1. The summed E-state index contributed by atoms with van der Waals surface area (Å²) in [4.78, 5) is 20.2. The third-order valence-electron chi connectivity index (χ3n) is 5.54.